The van der Waals surface area contributed by atoms with Crippen LogP contribution in [0.2, 0.25) is 0 Å². The number of rotatable bonds is 0. The zero-order valence-corrected chi connectivity index (χ0v) is 6.85. The number of nitrogens with zero attached hydrogens (tertiary/aromatic N) is 4. The Morgan fingerprint density at radius 1 is 1.17 bits per heavy atom. The standard InChI is InChI=1S/C7H8N4O/c1-10-5(3-8)6(4-9)11(2)7(10)12/h5-6H,1-2H3. The fourth-order valence-corrected chi connectivity index (χ4v) is 1.22. The first-order valence-corrected chi connectivity index (χ1v) is 3.42. The molecule has 0 aromatic carbocycles. The highest BCUT2D eigenvalue weighted by Crippen LogP contribution is 2.18. The number of carbonyl (C=O) groups is 1. The van der Waals surface area contributed by atoms with Crippen molar-refractivity contribution < 1.29 is 4.79 Å². The van der Waals surface area contributed by atoms with E-state index in [0.717, 1.165) is 0 Å². The van der Waals surface area contributed by atoms with Crippen molar-refractivity contribution in [2.45, 2.75) is 12.1 Å². The van der Waals surface area contributed by atoms with Crippen LogP contribution >= 0.6 is 0 Å². The van der Waals surface area contributed by atoms with Crippen LogP contribution in [0.1, 0.15) is 0 Å². The van der Waals surface area contributed by atoms with E-state index in [4.69, 9.17) is 10.5 Å². The van der Waals surface area contributed by atoms with Crippen molar-refractivity contribution in [2.24, 2.45) is 0 Å². The summed E-state index contributed by atoms with van der Waals surface area (Å²) in [6.45, 7) is 0. The largest absolute Gasteiger partial charge is 0.321 e. The number of likely N-dealkylation sites (N-methyl/N-ethyl adjacent to an activating group) is 2. The molecule has 12 heavy (non-hydrogen) atoms. The summed E-state index contributed by atoms with van der Waals surface area (Å²) >= 11 is 0. The molecule has 1 rings (SSSR count). The van der Waals surface area contributed by atoms with Gasteiger partial charge in [0.25, 0.3) is 0 Å². The molecule has 1 saturated heterocycles. The predicted octanol–water partition coefficient (Wildman–Crippen LogP) is -0.232. The summed E-state index contributed by atoms with van der Waals surface area (Å²) in [5.41, 5.74) is 0. The van der Waals surface area contributed by atoms with E-state index in [1.165, 1.54) is 23.9 Å². The number of hydrogen-bond donors (Lipinski definition) is 0. The molecule has 0 bridgehead atoms. The Bertz CT molecular complexity index is 259. The molecule has 0 N–H and O–H groups in total. The first-order valence-electron chi connectivity index (χ1n) is 3.42. The fourth-order valence-electron chi connectivity index (χ4n) is 1.22. The van der Waals surface area contributed by atoms with Crippen molar-refractivity contribution >= 4 is 6.03 Å². The Balaban J connectivity index is 2.99. The molecule has 2 unspecified atom stereocenters. The first-order chi connectivity index (χ1) is 5.63. The summed E-state index contributed by atoms with van der Waals surface area (Å²) in [4.78, 5) is 13.7. The van der Waals surface area contributed by atoms with Crippen LogP contribution in [0.25, 0.3) is 0 Å². The Kier molecular flexibility index (Phi) is 1.88. The average molecular weight is 164 g/mol. The molecular weight excluding hydrogens is 156 g/mol. The maximum Gasteiger partial charge on any atom is 0.321 e. The first kappa shape index (κ1) is 8.35. The molecule has 5 heteroatoms. The molecular formula is C7H8N4O. The molecule has 0 radical (unpaired) electrons. The Labute approximate surface area is 70.4 Å². The van der Waals surface area contributed by atoms with Gasteiger partial charge in [-0.05, 0) is 0 Å². The third kappa shape index (κ3) is 0.876. The number of nitriles is 2. The van der Waals surface area contributed by atoms with Crippen molar-refractivity contribution in [3.05, 3.63) is 0 Å². The van der Waals surface area contributed by atoms with Crippen LogP contribution in [0.4, 0.5) is 4.79 Å². The van der Waals surface area contributed by atoms with E-state index in [9.17, 15) is 4.79 Å². The van der Waals surface area contributed by atoms with Gasteiger partial charge in [0.15, 0.2) is 12.1 Å². The monoisotopic (exact) mass is 164 g/mol. The molecule has 0 saturated carbocycles. The van der Waals surface area contributed by atoms with Crippen molar-refractivity contribution in [3.63, 3.8) is 0 Å². The zero-order valence-electron chi connectivity index (χ0n) is 6.85. The highest BCUT2D eigenvalue weighted by atomic mass is 16.2. The minimum atomic E-state index is -0.646. The summed E-state index contributed by atoms with van der Waals surface area (Å²) in [5.74, 6) is 0. The number of hydrogen-bond acceptors (Lipinski definition) is 3. The van der Waals surface area contributed by atoms with Gasteiger partial charge in [-0.15, -0.1) is 0 Å². The summed E-state index contributed by atoms with van der Waals surface area (Å²) in [6, 6.07) is 2.26. The van der Waals surface area contributed by atoms with Gasteiger partial charge in [0.05, 0.1) is 12.1 Å². The maximum atomic E-state index is 11.2. The van der Waals surface area contributed by atoms with Crippen LogP contribution in [0, 0.1) is 22.7 Å². The Hall–Kier alpha value is -1.75. The van der Waals surface area contributed by atoms with E-state index in [0.29, 0.717) is 0 Å². The molecule has 1 aliphatic rings. The van der Waals surface area contributed by atoms with Crippen LogP contribution in [0.15, 0.2) is 0 Å². The van der Waals surface area contributed by atoms with E-state index in [1.54, 1.807) is 0 Å². The lowest BCUT2D eigenvalue weighted by Crippen LogP contribution is -2.32. The molecule has 0 aromatic rings. The van der Waals surface area contributed by atoms with Gasteiger partial charge in [0, 0.05) is 14.1 Å². The number of amides is 2. The topological polar surface area (TPSA) is 71.1 Å². The van der Waals surface area contributed by atoms with Gasteiger partial charge in [0.1, 0.15) is 0 Å². The third-order valence-electron chi connectivity index (χ3n) is 2.00. The third-order valence-corrected chi connectivity index (χ3v) is 2.00. The van der Waals surface area contributed by atoms with E-state index < -0.39 is 12.1 Å². The van der Waals surface area contributed by atoms with Crippen LogP contribution in [0.3, 0.4) is 0 Å². The minimum absolute atomic E-state index is 0.284. The SMILES string of the molecule is CN1C(=O)N(C)C(C#N)C1C#N. The molecule has 0 aliphatic carbocycles. The Morgan fingerprint density at radius 3 is 1.75 bits per heavy atom. The van der Waals surface area contributed by atoms with Crippen LogP contribution in [0.5, 0.6) is 0 Å². The highest BCUT2D eigenvalue weighted by Gasteiger charge is 2.42. The Morgan fingerprint density at radius 2 is 1.50 bits per heavy atom. The quantitative estimate of drug-likeness (QED) is 0.496. The average Bonchev–Trinajstić information content (AvgIpc) is 2.29. The van der Waals surface area contributed by atoms with Crippen LogP contribution < -0.4 is 0 Å². The molecule has 2 atom stereocenters. The molecule has 0 spiro atoms. The van der Waals surface area contributed by atoms with Crippen molar-refractivity contribution in [1.29, 1.82) is 10.5 Å². The van der Waals surface area contributed by atoms with E-state index >= 15 is 0 Å². The second kappa shape index (κ2) is 2.71. The highest BCUT2D eigenvalue weighted by molar-refractivity contribution is 5.78. The van der Waals surface area contributed by atoms with E-state index in [2.05, 4.69) is 0 Å². The maximum absolute atomic E-state index is 11.2. The molecule has 5 nitrogen and oxygen atoms in total. The molecule has 1 aliphatic heterocycles. The molecule has 1 heterocycles. The second-order valence-corrected chi connectivity index (χ2v) is 2.65. The normalized spacial score (nSPS) is 28.5. The van der Waals surface area contributed by atoms with Gasteiger partial charge in [-0.25, -0.2) is 4.79 Å². The summed E-state index contributed by atoms with van der Waals surface area (Å²) in [6.07, 6.45) is 0. The van der Waals surface area contributed by atoms with Gasteiger partial charge >= 0.3 is 6.03 Å². The lowest BCUT2D eigenvalue weighted by molar-refractivity contribution is 0.202. The van der Waals surface area contributed by atoms with Crippen LogP contribution in [-0.4, -0.2) is 42.0 Å². The fraction of sp³-hybridized carbons (Fsp3) is 0.571. The van der Waals surface area contributed by atoms with Gasteiger partial charge in [0.2, 0.25) is 0 Å². The van der Waals surface area contributed by atoms with Gasteiger partial charge < -0.3 is 9.80 Å². The molecule has 2 amide bonds. The number of urea groups is 1. The van der Waals surface area contributed by atoms with Crippen molar-refractivity contribution in [2.75, 3.05) is 14.1 Å². The number of carbonyl (C=O) groups excluding carboxylic acids is 1. The van der Waals surface area contributed by atoms with Crippen LogP contribution in [-0.2, 0) is 0 Å². The van der Waals surface area contributed by atoms with Gasteiger partial charge in [-0.1, -0.05) is 0 Å². The lowest BCUT2D eigenvalue weighted by Gasteiger charge is -2.10. The van der Waals surface area contributed by atoms with E-state index in [-0.39, 0.29) is 6.03 Å². The summed E-state index contributed by atoms with van der Waals surface area (Å²) in [5, 5.41) is 17.3. The second-order valence-electron chi connectivity index (χ2n) is 2.65. The van der Waals surface area contributed by atoms with Gasteiger partial charge in [-0.2, -0.15) is 10.5 Å². The molecule has 0 aromatic heterocycles. The molecule has 62 valence electrons. The van der Waals surface area contributed by atoms with E-state index in [1.807, 2.05) is 12.1 Å². The smallest absolute Gasteiger partial charge is 0.308 e. The zero-order chi connectivity index (χ0) is 9.30. The molecule has 1 fully saturated rings. The van der Waals surface area contributed by atoms with Crippen molar-refractivity contribution in [1.82, 2.24) is 9.80 Å². The summed E-state index contributed by atoms with van der Waals surface area (Å²) in [7, 11) is 3.04. The lowest BCUT2D eigenvalue weighted by atomic mass is 10.1. The minimum Gasteiger partial charge on any atom is -0.308 e. The van der Waals surface area contributed by atoms with Gasteiger partial charge in [-0.3, -0.25) is 0 Å². The van der Waals surface area contributed by atoms with Crippen molar-refractivity contribution in [3.8, 4) is 12.1 Å². The summed E-state index contributed by atoms with van der Waals surface area (Å²) < 4.78 is 0. The predicted molar refractivity (Wildman–Crippen MR) is 39.7 cm³/mol.